The Morgan fingerprint density at radius 2 is 1.92 bits per heavy atom. The highest BCUT2D eigenvalue weighted by atomic mass is 19.4. The lowest BCUT2D eigenvalue weighted by Crippen LogP contribution is -2.49. The number of nitrogens with one attached hydrogen (secondary N) is 2. The van der Waals surface area contributed by atoms with Gasteiger partial charge in [-0.25, -0.2) is 4.79 Å². The van der Waals surface area contributed by atoms with Crippen molar-refractivity contribution < 1.29 is 22.8 Å². The topological polar surface area (TPSA) is 61.4 Å². The number of rotatable bonds is 3. The summed E-state index contributed by atoms with van der Waals surface area (Å²) in [4.78, 5) is 25.8. The third kappa shape index (κ3) is 4.28. The van der Waals surface area contributed by atoms with Crippen LogP contribution in [0.5, 0.6) is 0 Å². The fraction of sp³-hybridized carbons (Fsp3) is 0.556. The molecule has 1 aromatic rings. The van der Waals surface area contributed by atoms with E-state index in [-0.39, 0.29) is 24.6 Å². The molecular weight excluding hydrogens is 347 g/mol. The molecule has 1 saturated heterocycles. The maximum Gasteiger partial charge on any atom is 0.394 e. The summed E-state index contributed by atoms with van der Waals surface area (Å²) in [5, 5.41) is 5.27. The van der Waals surface area contributed by atoms with Gasteiger partial charge in [0.1, 0.15) is 0 Å². The van der Waals surface area contributed by atoms with Crippen LogP contribution in [0.15, 0.2) is 24.3 Å². The number of alkyl halides is 3. The highest BCUT2D eigenvalue weighted by Gasteiger charge is 2.56. The molecule has 1 atom stereocenters. The molecule has 1 unspecified atom stereocenters. The molecule has 1 fully saturated rings. The van der Waals surface area contributed by atoms with Gasteiger partial charge in [-0.05, 0) is 52.3 Å². The molecule has 1 aliphatic heterocycles. The molecule has 0 saturated carbocycles. The second-order valence-electron chi connectivity index (χ2n) is 7.33. The zero-order valence-corrected chi connectivity index (χ0v) is 15.3. The van der Waals surface area contributed by atoms with Gasteiger partial charge in [0.15, 0.2) is 0 Å². The van der Waals surface area contributed by atoms with E-state index in [1.807, 2.05) is 13.8 Å². The van der Waals surface area contributed by atoms with Crippen molar-refractivity contribution in [3.05, 3.63) is 29.8 Å². The van der Waals surface area contributed by atoms with Gasteiger partial charge in [0.05, 0.1) is 5.92 Å². The Balaban J connectivity index is 2.18. The van der Waals surface area contributed by atoms with Crippen molar-refractivity contribution in [1.29, 1.82) is 0 Å². The van der Waals surface area contributed by atoms with E-state index in [0.29, 0.717) is 5.69 Å². The molecule has 5 nitrogen and oxygen atoms in total. The van der Waals surface area contributed by atoms with E-state index in [4.69, 9.17) is 0 Å². The number of anilines is 1. The minimum absolute atomic E-state index is 0.0432. The quantitative estimate of drug-likeness (QED) is 0.843. The van der Waals surface area contributed by atoms with E-state index in [1.54, 1.807) is 12.1 Å². The summed E-state index contributed by atoms with van der Waals surface area (Å²) in [6.45, 7) is 6.54. The van der Waals surface area contributed by atoms with Crippen LogP contribution in [0.2, 0.25) is 0 Å². The van der Waals surface area contributed by atoms with Crippen LogP contribution in [-0.2, 0) is 0 Å². The molecule has 26 heavy (non-hydrogen) atoms. The molecule has 1 aromatic carbocycles. The SMILES string of the molecule is CC(C)NC(=O)Nc1cccc(C(=O)N2CCC(C(F)(F)F)C2(C)C)c1. The Kier molecular flexibility index (Phi) is 5.53. The van der Waals surface area contributed by atoms with Gasteiger partial charge < -0.3 is 15.5 Å². The average molecular weight is 371 g/mol. The van der Waals surface area contributed by atoms with Crippen molar-refractivity contribution in [1.82, 2.24) is 10.2 Å². The third-order valence-electron chi connectivity index (χ3n) is 4.62. The van der Waals surface area contributed by atoms with Crippen LogP contribution in [0.4, 0.5) is 23.7 Å². The predicted molar refractivity (Wildman–Crippen MR) is 93.0 cm³/mol. The predicted octanol–water partition coefficient (Wildman–Crippen LogP) is 4.02. The van der Waals surface area contributed by atoms with Gasteiger partial charge in [-0.2, -0.15) is 13.2 Å². The van der Waals surface area contributed by atoms with Crippen molar-refractivity contribution in [2.24, 2.45) is 5.92 Å². The lowest BCUT2D eigenvalue weighted by molar-refractivity contribution is -0.189. The van der Waals surface area contributed by atoms with Crippen molar-refractivity contribution in [2.75, 3.05) is 11.9 Å². The summed E-state index contributed by atoms with van der Waals surface area (Å²) in [5.74, 6) is -2.04. The van der Waals surface area contributed by atoms with E-state index in [0.717, 1.165) is 0 Å². The molecule has 0 radical (unpaired) electrons. The van der Waals surface area contributed by atoms with Crippen LogP contribution in [0.3, 0.4) is 0 Å². The van der Waals surface area contributed by atoms with Crippen LogP contribution in [-0.4, -0.2) is 41.1 Å². The molecule has 0 bridgehead atoms. The molecular formula is C18H24F3N3O2. The summed E-state index contributed by atoms with van der Waals surface area (Å²) >= 11 is 0. The average Bonchev–Trinajstić information content (AvgIpc) is 2.80. The van der Waals surface area contributed by atoms with Gasteiger partial charge in [-0.3, -0.25) is 4.79 Å². The van der Waals surface area contributed by atoms with E-state index >= 15 is 0 Å². The van der Waals surface area contributed by atoms with Crippen LogP contribution in [0, 0.1) is 5.92 Å². The van der Waals surface area contributed by atoms with Gasteiger partial charge in [-0.1, -0.05) is 6.07 Å². The Labute approximate surface area is 150 Å². The van der Waals surface area contributed by atoms with Crippen molar-refractivity contribution in [3.63, 3.8) is 0 Å². The summed E-state index contributed by atoms with van der Waals surface area (Å²) in [7, 11) is 0. The zero-order chi connectivity index (χ0) is 19.7. The molecule has 2 rings (SSSR count). The normalized spacial score (nSPS) is 19.5. The monoisotopic (exact) mass is 371 g/mol. The third-order valence-corrected chi connectivity index (χ3v) is 4.62. The fourth-order valence-electron chi connectivity index (χ4n) is 3.33. The molecule has 0 spiro atoms. The van der Waals surface area contributed by atoms with Crippen molar-refractivity contribution in [2.45, 2.75) is 51.9 Å². The van der Waals surface area contributed by atoms with Crippen LogP contribution in [0.1, 0.15) is 44.5 Å². The van der Waals surface area contributed by atoms with Crippen molar-refractivity contribution >= 4 is 17.6 Å². The lowest BCUT2D eigenvalue weighted by Gasteiger charge is -2.36. The standard InChI is InChI=1S/C18H24F3N3O2/c1-11(2)22-16(26)23-13-7-5-6-12(10-13)15(25)24-9-8-14(17(24,3)4)18(19,20)21/h5-7,10-11,14H,8-9H2,1-4H3,(H2,22,23,26). The number of urea groups is 1. The minimum atomic E-state index is -4.35. The molecule has 1 aliphatic rings. The maximum absolute atomic E-state index is 13.2. The number of halogens is 3. The summed E-state index contributed by atoms with van der Waals surface area (Å²) < 4.78 is 39.6. The first-order valence-electron chi connectivity index (χ1n) is 8.49. The Morgan fingerprint density at radius 3 is 2.46 bits per heavy atom. The number of carbonyl (C=O) groups excluding carboxylic acids is 2. The molecule has 144 valence electrons. The van der Waals surface area contributed by atoms with Gasteiger partial charge in [0, 0.05) is 29.4 Å². The molecule has 0 aliphatic carbocycles. The lowest BCUT2D eigenvalue weighted by atomic mass is 9.87. The van der Waals surface area contributed by atoms with Crippen LogP contribution < -0.4 is 10.6 Å². The summed E-state index contributed by atoms with van der Waals surface area (Å²) in [5.41, 5.74) is -0.685. The molecule has 8 heteroatoms. The van der Waals surface area contributed by atoms with Gasteiger partial charge >= 0.3 is 12.2 Å². The molecule has 1 heterocycles. The first-order valence-corrected chi connectivity index (χ1v) is 8.49. The highest BCUT2D eigenvalue weighted by Crippen LogP contribution is 2.45. The number of amides is 3. The zero-order valence-electron chi connectivity index (χ0n) is 15.3. The van der Waals surface area contributed by atoms with Crippen LogP contribution in [0.25, 0.3) is 0 Å². The fourth-order valence-corrected chi connectivity index (χ4v) is 3.33. The maximum atomic E-state index is 13.2. The van der Waals surface area contributed by atoms with E-state index in [9.17, 15) is 22.8 Å². The Hall–Kier alpha value is -2.25. The number of hydrogen-bond donors (Lipinski definition) is 2. The van der Waals surface area contributed by atoms with E-state index in [2.05, 4.69) is 10.6 Å². The summed E-state index contributed by atoms with van der Waals surface area (Å²) in [6, 6.07) is 5.74. The van der Waals surface area contributed by atoms with Gasteiger partial charge in [-0.15, -0.1) is 0 Å². The van der Waals surface area contributed by atoms with E-state index in [1.165, 1.54) is 30.9 Å². The first kappa shape index (κ1) is 20.1. The van der Waals surface area contributed by atoms with Gasteiger partial charge in [0.25, 0.3) is 5.91 Å². The summed E-state index contributed by atoms with van der Waals surface area (Å²) in [6.07, 6.45) is -4.46. The van der Waals surface area contributed by atoms with Crippen molar-refractivity contribution in [3.8, 4) is 0 Å². The first-order chi connectivity index (χ1) is 11.9. The molecule has 0 aromatic heterocycles. The Bertz CT molecular complexity index is 687. The molecule has 3 amide bonds. The number of hydrogen-bond acceptors (Lipinski definition) is 2. The number of likely N-dealkylation sites (tertiary alicyclic amines) is 1. The minimum Gasteiger partial charge on any atom is -0.336 e. The highest BCUT2D eigenvalue weighted by molar-refractivity contribution is 5.97. The molecule has 2 N–H and O–H groups in total. The largest absolute Gasteiger partial charge is 0.394 e. The smallest absolute Gasteiger partial charge is 0.336 e. The Morgan fingerprint density at radius 1 is 1.27 bits per heavy atom. The number of benzene rings is 1. The van der Waals surface area contributed by atoms with Crippen LogP contribution >= 0.6 is 0 Å². The van der Waals surface area contributed by atoms with Gasteiger partial charge in [0.2, 0.25) is 0 Å². The second-order valence-corrected chi connectivity index (χ2v) is 7.33. The second kappa shape index (κ2) is 7.17. The number of nitrogens with zero attached hydrogens (tertiary/aromatic N) is 1. The number of carbonyl (C=O) groups is 2. The van der Waals surface area contributed by atoms with E-state index < -0.39 is 29.6 Å².